The minimum absolute atomic E-state index is 0.00493. The van der Waals surface area contributed by atoms with Gasteiger partial charge in [0, 0.05) is 6.54 Å². The van der Waals surface area contributed by atoms with Crippen LogP contribution in [-0.2, 0) is 19.6 Å². The third-order valence-electron chi connectivity index (χ3n) is 3.13. The van der Waals surface area contributed by atoms with E-state index in [0.29, 0.717) is 0 Å². The highest BCUT2D eigenvalue weighted by molar-refractivity contribution is 7.89. The van der Waals surface area contributed by atoms with Crippen LogP contribution in [0.3, 0.4) is 0 Å². The summed E-state index contributed by atoms with van der Waals surface area (Å²) >= 11 is 11.6. The summed E-state index contributed by atoms with van der Waals surface area (Å²) in [6.07, 6.45) is 0. The van der Waals surface area contributed by atoms with Crippen molar-refractivity contribution in [2.75, 3.05) is 13.2 Å². The number of hydrogen-bond acceptors (Lipinski definition) is 4. The molecule has 0 N–H and O–H groups in total. The molecule has 0 spiro atoms. The van der Waals surface area contributed by atoms with E-state index >= 15 is 0 Å². The molecule has 1 saturated heterocycles. The van der Waals surface area contributed by atoms with Gasteiger partial charge in [0.2, 0.25) is 10.0 Å². The van der Waals surface area contributed by atoms with Gasteiger partial charge < -0.3 is 4.74 Å². The Balaban J connectivity index is 2.49. The topological polar surface area (TPSA) is 63.7 Å². The molecule has 1 aromatic rings. The second kappa shape index (κ2) is 5.18. The van der Waals surface area contributed by atoms with Crippen LogP contribution >= 0.6 is 23.2 Å². The highest BCUT2D eigenvalue weighted by atomic mass is 35.5. The molecule has 0 amide bonds. The van der Waals surface area contributed by atoms with Crippen LogP contribution in [0.4, 0.5) is 0 Å². The third kappa shape index (κ3) is 2.53. The van der Waals surface area contributed by atoms with E-state index < -0.39 is 21.5 Å². The smallest absolute Gasteiger partial charge is 0.327 e. The lowest BCUT2D eigenvalue weighted by Crippen LogP contribution is -2.58. The summed E-state index contributed by atoms with van der Waals surface area (Å²) in [5.74, 6) is -0.576. The fourth-order valence-corrected chi connectivity index (χ4v) is 4.08. The predicted molar refractivity (Wildman–Crippen MR) is 75.4 cm³/mol. The Hall–Kier alpha value is -0.820. The molecule has 2 rings (SSSR count). The van der Waals surface area contributed by atoms with E-state index in [1.54, 1.807) is 0 Å². The molecule has 1 aromatic carbocycles. The Labute approximate surface area is 127 Å². The SMILES string of the molecule is CC1(C)C(=O)OCCN1S(=O)(=O)c1ccc(Cl)c(Cl)c1. The van der Waals surface area contributed by atoms with E-state index in [2.05, 4.69) is 0 Å². The molecule has 0 radical (unpaired) electrons. The summed E-state index contributed by atoms with van der Waals surface area (Å²) in [4.78, 5) is 11.7. The largest absolute Gasteiger partial charge is 0.463 e. The van der Waals surface area contributed by atoms with Crippen LogP contribution in [0, 0.1) is 0 Å². The first-order valence-electron chi connectivity index (χ1n) is 5.82. The van der Waals surface area contributed by atoms with E-state index in [4.69, 9.17) is 27.9 Å². The molecule has 1 fully saturated rings. The summed E-state index contributed by atoms with van der Waals surface area (Å²) in [7, 11) is -3.85. The molecule has 0 saturated carbocycles. The van der Waals surface area contributed by atoms with Crippen LogP contribution in [0.5, 0.6) is 0 Å². The normalized spacial score (nSPS) is 19.7. The van der Waals surface area contributed by atoms with Gasteiger partial charge in [0.05, 0.1) is 14.9 Å². The van der Waals surface area contributed by atoms with Crippen molar-refractivity contribution >= 4 is 39.2 Å². The van der Waals surface area contributed by atoms with Crippen molar-refractivity contribution in [1.82, 2.24) is 4.31 Å². The Morgan fingerprint density at radius 2 is 1.90 bits per heavy atom. The van der Waals surface area contributed by atoms with Gasteiger partial charge in [0.25, 0.3) is 0 Å². The van der Waals surface area contributed by atoms with Gasteiger partial charge in [-0.2, -0.15) is 4.31 Å². The van der Waals surface area contributed by atoms with Gasteiger partial charge in [-0.15, -0.1) is 0 Å². The molecule has 0 bridgehead atoms. The summed E-state index contributed by atoms with van der Waals surface area (Å²) in [5, 5.41) is 0.410. The molecule has 8 heteroatoms. The average Bonchev–Trinajstić information content (AvgIpc) is 2.35. The molecular weight excluding hydrogens is 325 g/mol. The monoisotopic (exact) mass is 337 g/mol. The summed E-state index contributed by atoms with van der Waals surface area (Å²) in [6, 6.07) is 4.04. The summed E-state index contributed by atoms with van der Waals surface area (Å²) < 4.78 is 31.3. The van der Waals surface area contributed by atoms with Crippen LogP contribution in [-0.4, -0.2) is 37.4 Å². The molecular formula is C12H13Cl2NO4S. The standard InChI is InChI=1S/C12H13Cl2NO4S/c1-12(2)11(16)19-6-5-15(12)20(17,18)8-3-4-9(13)10(14)7-8/h3-4,7H,5-6H2,1-2H3. The number of esters is 1. The number of sulfonamides is 1. The van der Waals surface area contributed by atoms with Crippen LogP contribution in [0.15, 0.2) is 23.1 Å². The lowest BCUT2D eigenvalue weighted by atomic mass is 10.1. The maximum absolute atomic E-state index is 12.6. The number of halogens is 2. The Morgan fingerprint density at radius 1 is 1.25 bits per heavy atom. The lowest BCUT2D eigenvalue weighted by Gasteiger charge is -2.38. The van der Waals surface area contributed by atoms with Gasteiger partial charge in [-0.1, -0.05) is 23.2 Å². The molecule has 1 heterocycles. The lowest BCUT2D eigenvalue weighted by molar-refractivity contribution is -0.160. The van der Waals surface area contributed by atoms with Crippen molar-refractivity contribution in [3.05, 3.63) is 28.2 Å². The molecule has 1 aliphatic heterocycles. The molecule has 20 heavy (non-hydrogen) atoms. The van der Waals surface area contributed by atoms with Gasteiger partial charge in [-0.05, 0) is 32.0 Å². The van der Waals surface area contributed by atoms with Gasteiger partial charge in [-0.3, -0.25) is 4.79 Å². The highest BCUT2D eigenvalue weighted by Gasteiger charge is 2.46. The number of morpholine rings is 1. The van der Waals surface area contributed by atoms with Crippen LogP contribution in [0.2, 0.25) is 10.0 Å². The maximum atomic E-state index is 12.6. The zero-order valence-electron chi connectivity index (χ0n) is 10.9. The zero-order chi connectivity index (χ0) is 15.1. The number of cyclic esters (lactones) is 1. The molecule has 0 atom stereocenters. The fraction of sp³-hybridized carbons (Fsp3) is 0.417. The van der Waals surface area contributed by atoms with Crippen molar-refractivity contribution in [3.8, 4) is 0 Å². The van der Waals surface area contributed by atoms with Crippen molar-refractivity contribution in [3.63, 3.8) is 0 Å². The maximum Gasteiger partial charge on any atom is 0.327 e. The molecule has 1 aliphatic rings. The number of ether oxygens (including phenoxy) is 1. The van der Waals surface area contributed by atoms with Crippen molar-refractivity contribution < 1.29 is 17.9 Å². The van der Waals surface area contributed by atoms with Crippen molar-refractivity contribution in [2.45, 2.75) is 24.3 Å². The second-order valence-corrected chi connectivity index (χ2v) is 7.52. The van der Waals surface area contributed by atoms with Crippen LogP contribution < -0.4 is 0 Å². The first-order chi connectivity index (χ1) is 9.17. The van der Waals surface area contributed by atoms with Crippen LogP contribution in [0.25, 0.3) is 0 Å². The summed E-state index contributed by atoms with van der Waals surface area (Å²) in [5.41, 5.74) is -1.26. The Kier molecular flexibility index (Phi) is 4.03. The van der Waals surface area contributed by atoms with E-state index in [-0.39, 0.29) is 28.1 Å². The number of hydrogen-bond donors (Lipinski definition) is 0. The minimum Gasteiger partial charge on any atom is -0.463 e. The van der Waals surface area contributed by atoms with Crippen molar-refractivity contribution in [2.24, 2.45) is 0 Å². The fourth-order valence-electron chi connectivity index (χ4n) is 1.96. The van der Waals surface area contributed by atoms with E-state index in [1.165, 1.54) is 32.0 Å². The number of rotatable bonds is 2. The minimum atomic E-state index is -3.85. The molecule has 0 aromatic heterocycles. The number of carbonyl (C=O) groups excluding carboxylic acids is 1. The van der Waals surface area contributed by atoms with Gasteiger partial charge >= 0.3 is 5.97 Å². The quantitative estimate of drug-likeness (QED) is 0.777. The second-order valence-electron chi connectivity index (χ2n) is 4.85. The number of nitrogens with zero attached hydrogens (tertiary/aromatic N) is 1. The highest BCUT2D eigenvalue weighted by Crippen LogP contribution is 2.31. The van der Waals surface area contributed by atoms with Crippen molar-refractivity contribution in [1.29, 1.82) is 0 Å². The van der Waals surface area contributed by atoms with E-state index in [0.717, 1.165) is 4.31 Å². The van der Waals surface area contributed by atoms with Crippen LogP contribution in [0.1, 0.15) is 13.8 Å². The third-order valence-corrected chi connectivity index (χ3v) is 5.94. The first-order valence-corrected chi connectivity index (χ1v) is 8.02. The first kappa shape index (κ1) is 15.6. The summed E-state index contributed by atoms with van der Waals surface area (Å²) in [6.45, 7) is 3.14. The molecule has 0 unspecified atom stereocenters. The van der Waals surface area contributed by atoms with Gasteiger partial charge in [0.1, 0.15) is 12.1 Å². The molecule has 0 aliphatic carbocycles. The number of carbonyl (C=O) groups is 1. The van der Waals surface area contributed by atoms with E-state index in [9.17, 15) is 13.2 Å². The predicted octanol–water partition coefficient (Wildman–Crippen LogP) is 2.32. The van der Waals surface area contributed by atoms with E-state index in [1.807, 2.05) is 0 Å². The number of benzene rings is 1. The van der Waals surface area contributed by atoms with Gasteiger partial charge in [-0.25, -0.2) is 8.42 Å². The molecule has 110 valence electrons. The Bertz CT molecular complexity index is 657. The Morgan fingerprint density at radius 3 is 2.50 bits per heavy atom. The molecule has 5 nitrogen and oxygen atoms in total. The average molecular weight is 338 g/mol. The zero-order valence-corrected chi connectivity index (χ0v) is 13.2. The van der Waals surface area contributed by atoms with Gasteiger partial charge in [0.15, 0.2) is 0 Å².